The van der Waals surface area contributed by atoms with Gasteiger partial charge in [0.25, 0.3) is 0 Å². The molecule has 4 heteroatoms. The van der Waals surface area contributed by atoms with Crippen molar-refractivity contribution in [2.24, 2.45) is 0 Å². The van der Waals surface area contributed by atoms with Crippen molar-refractivity contribution in [3.63, 3.8) is 0 Å². The SMILES string of the molecule is CNC(=S)NCCCCCCO. The Bertz CT molecular complexity index is 120. The fourth-order valence-corrected chi connectivity index (χ4v) is 0.983. The number of aliphatic hydroxyl groups is 1. The van der Waals surface area contributed by atoms with E-state index in [9.17, 15) is 0 Å². The van der Waals surface area contributed by atoms with Crippen molar-refractivity contribution in [3.8, 4) is 0 Å². The molecule has 0 rings (SSSR count). The maximum atomic E-state index is 8.50. The number of hydrogen-bond acceptors (Lipinski definition) is 2. The third-order valence-corrected chi connectivity index (χ3v) is 1.95. The molecule has 3 N–H and O–H groups in total. The largest absolute Gasteiger partial charge is 0.396 e. The first-order chi connectivity index (χ1) is 5.81. The molecule has 0 aliphatic heterocycles. The van der Waals surface area contributed by atoms with Crippen LogP contribution in [0, 0.1) is 0 Å². The van der Waals surface area contributed by atoms with Crippen LogP contribution in [-0.4, -0.2) is 30.4 Å². The predicted octanol–water partition coefficient (Wildman–Crippen LogP) is 0.633. The molecule has 0 unspecified atom stereocenters. The zero-order chi connectivity index (χ0) is 9.23. The maximum Gasteiger partial charge on any atom is 0.166 e. The zero-order valence-corrected chi connectivity index (χ0v) is 8.41. The topological polar surface area (TPSA) is 44.3 Å². The number of unbranched alkanes of at least 4 members (excludes halogenated alkanes) is 3. The van der Waals surface area contributed by atoms with Crippen LogP contribution in [0.1, 0.15) is 25.7 Å². The van der Waals surface area contributed by atoms with Crippen LogP contribution >= 0.6 is 12.2 Å². The van der Waals surface area contributed by atoms with Gasteiger partial charge < -0.3 is 15.7 Å². The van der Waals surface area contributed by atoms with E-state index in [1.807, 2.05) is 0 Å². The standard InChI is InChI=1S/C8H18N2OS/c1-9-8(12)10-6-4-2-3-5-7-11/h11H,2-7H2,1H3,(H2,9,10,12). The maximum absolute atomic E-state index is 8.50. The van der Waals surface area contributed by atoms with Gasteiger partial charge >= 0.3 is 0 Å². The normalized spacial score (nSPS) is 9.50. The van der Waals surface area contributed by atoms with Crippen molar-refractivity contribution in [3.05, 3.63) is 0 Å². The van der Waals surface area contributed by atoms with Crippen LogP contribution in [0.25, 0.3) is 0 Å². The molecule has 0 radical (unpaired) electrons. The molecule has 0 spiro atoms. The fraction of sp³-hybridized carbons (Fsp3) is 0.875. The van der Waals surface area contributed by atoms with E-state index in [2.05, 4.69) is 10.6 Å². The number of thiocarbonyl (C=S) groups is 1. The molecule has 0 amide bonds. The van der Waals surface area contributed by atoms with Crippen LogP contribution in [0.15, 0.2) is 0 Å². The lowest BCUT2D eigenvalue weighted by atomic mass is 10.2. The summed E-state index contributed by atoms with van der Waals surface area (Å²) in [5.41, 5.74) is 0. The molecular formula is C8H18N2OS. The lowest BCUT2D eigenvalue weighted by molar-refractivity contribution is 0.282. The summed E-state index contributed by atoms with van der Waals surface area (Å²) in [5, 5.41) is 15.1. The summed E-state index contributed by atoms with van der Waals surface area (Å²) in [5.74, 6) is 0. The summed E-state index contributed by atoms with van der Waals surface area (Å²) < 4.78 is 0. The quantitative estimate of drug-likeness (QED) is 0.425. The number of hydrogen-bond donors (Lipinski definition) is 3. The van der Waals surface area contributed by atoms with Crippen molar-refractivity contribution < 1.29 is 5.11 Å². The molecular weight excluding hydrogens is 172 g/mol. The summed E-state index contributed by atoms with van der Waals surface area (Å²) >= 11 is 4.89. The molecule has 0 aliphatic rings. The van der Waals surface area contributed by atoms with E-state index in [4.69, 9.17) is 17.3 Å². The van der Waals surface area contributed by atoms with Crippen molar-refractivity contribution in [2.75, 3.05) is 20.2 Å². The molecule has 72 valence electrons. The molecule has 12 heavy (non-hydrogen) atoms. The molecule has 0 fully saturated rings. The minimum atomic E-state index is 0.308. The molecule has 3 nitrogen and oxygen atoms in total. The van der Waals surface area contributed by atoms with Crippen LogP contribution in [0.3, 0.4) is 0 Å². The number of rotatable bonds is 6. The summed E-state index contributed by atoms with van der Waals surface area (Å²) in [6, 6.07) is 0. The Morgan fingerprint density at radius 1 is 1.25 bits per heavy atom. The van der Waals surface area contributed by atoms with Gasteiger partial charge in [0, 0.05) is 20.2 Å². The Morgan fingerprint density at radius 3 is 2.50 bits per heavy atom. The van der Waals surface area contributed by atoms with E-state index >= 15 is 0 Å². The predicted molar refractivity (Wildman–Crippen MR) is 55.2 cm³/mol. The smallest absolute Gasteiger partial charge is 0.166 e. The molecule has 0 saturated carbocycles. The molecule has 0 aromatic carbocycles. The highest BCUT2D eigenvalue weighted by molar-refractivity contribution is 7.80. The fourth-order valence-electron chi connectivity index (χ4n) is 0.881. The van der Waals surface area contributed by atoms with Crippen molar-refractivity contribution >= 4 is 17.3 Å². The Balaban J connectivity index is 2.95. The first-order valence-corrected chi connectivity index (χ1v) is 4.78. The first-order valence-electron chi connectivity index (χ1n) is 4.37. The van der Waals surface area contributed by atoms with Gasteiger partial charge in [-0.2, -0.15) is 0 Å². The molecule has 0 aromatic heterocycles. The average Bonchev–Trinajstić information content (AvgIpc) is 2.10. The minimum Gasteiger partial charge on any atom is -0.396 e. The molecule has 0 saturated heterocycles. The van der Waals surface area contributed by atoms with Crippen LogP contribution < -0.4 is 10.6 Å². The number of nitrogens with one attached hydrogen (secondary N) is 2. The van der Waals surface area contributed by atoms with E-state index < -0.39 is 0 Å². The highest BCUT2D eigenvalue weighted by Gasteiger charge is 1.90. The van der Waals surface area contributed by atoms with Gasteiger partial charge in [0.1, 0.15) is 0 Å². The van der Waals surface area contributed by atoms with Gasteiger partial charge in [0.2, 0.25) is 0 Å². The molecule has 0 aromatic rings. The lowest BCUT2D eigenvalue weighted by Gasteiger charge is -2.05. The van der Waals surface area contributed by atoms with Gasteiger partial charge in [0.15, 0.2) is 5.11 Å². The van der Waals surface area contributed by atoms with Gasteiger partial charge in [-0.15, -0.1) is 0 Å². The Hall–Kier alpha value is -0.350. The van der Waals surface area contributed by atoms with E-state index in [0.29, 0.717) is 11.7 Å². The molecule has 0 bridgehead atoms. The van der Waals surface area contributed by atoms with Gasteiger partial charge in [0.05, 0.1) is 0 Å². The van der Waals surface area contributed by atoms with E-state index in [1.165, 1.54) is 0 Å². The summed E-state index contributed by atoms with van der Waals surface area (Å²) in [6.45, 7) is 1.23. The first kappa shape index (κ1) is 11.6. The second kappa shape index (κ2) is 8.74. The second-order valence-corrected chi connectivity index (χ2v) is 3.05. The van der Waals surface area contributed by atoms with Gasteiger partial charge in [-0.3, -0.25) is 0 Å². The van der Waals surface area contributed by atoms with E-state index in [-0.39, 0.29) is 0 Å². The lowest BCUT2D eigenvalue weighted by Crippen LogP contribution is -2.32. The minimum absolute atomic E-state index is 0.308. The highest BCUT2D eigenvalue weighted by atomic mass is 32.1. The van der Waals surface area contributed by atoms with E-state index in [1.54, 1.807) is 7.05 Å². The zero-order valence-electron chi connectivity index (χ0n) is 7.60. The molecule has 0 atom stereocenters. The molecule has 0 heterocycles. The average molecular weight is 190 g/mol. The van der Waals surface area contributed by atoms with Gasteiger partial charge in [-0.1, -0.05) is 12.8 Å². The Kier molecular flexibility index (Phi) is 8.49. The Morgan fingerprint density at radius 2 is 1.92 bits per heavy atom. The van der Waals surface area contributed by atoms with Crippen LogP contribution in [0.4, 0.5) is 0 Å². The second-order valence-electron chi connectivity index (χ2n) is 2.64. The highest BCUT2D eigenvalue weighted by Crippen LogP contribution is 1.97. The van der Waals surface area contributed by atoms with E-state index in [0.717, 1.165) is 32.2 Å². The summed E-state index contributed by atoms with van der Waals surface area (Å²) in [7, 11) is 1.81. The van der Waals surface area contributed by atoms with Gasteiger partial charge in [-0.05, 0) is 25.1 Å². The summed E-state index contributed by atoms with van der Waals surface area (Å²) in [6.07, 6.45) is 4.28. The van der Waals surface area contributed by atoms with Crippen molar-refractivity contribution in [1.82, 2.24) is 10.6 Å². The van der Waals surface area contributed by atoms with Gasteiger partial charge in [-0.25, -0.2) is 0 Å². The van der Waals surface area contributed by atoms with Crippen LogP contribution in [0.2, 0.25) is 0 Å². The van der Waals surface area contributed by atoms with Crippen LogP contribution in [0.5, 0.6) is 0 Å². The van der Waals surface area contributed by atoms with Crippen LogP contribution in [-0.2, 0) is 0 Å². The third-order valence-electron chi connectivity index (χ3n) is 1.60. The third kappa shape index (κ3) is 7.75. The number of aliphatic hydroxyl groups excluding tert-OH is 1. The monoisotopic (exact) mass is 190 g/mol. The van der Waals surface area contributed by atoms with Crippen molar-refractivity contribution in [2.45, 2.75) is 25.7 Å². The molecule has 0 aliphatic carbocycles. The summed E-state index contributed by atoms with van der Waals surface area (Å²) in [4.78, 5) is 0. The Labute approximate surface area is 79.5 Å². The van der Waals surface area contributed by atoms with Crippen molar-refractivity contribution in [1.29, 1.82) is 0 Å².